The zero-order valence-corrected chi connectivity index (χ0v) is 14.6. The third kappa shape index (κ3) is 3.92. The molecule has 0 heterocycles. The van der Waals surface area contributed by atoms with E-state index in [9.17, 15) is 4.79 Å². The van der Waals surface area contributed by atoms with E-state index in [-0.39, 0.29) is 12.5 Å². The SMILES string of the molecule is CCc1cccc(C)c1NC(=O)COc1c(C)ccc(C)c1C. The predicted octanol–water partition coefficient (Wildman–Crippen LogP) is 4.50. The Morgan fingerprint density at radius 2 is 1.70 bits per heavy atom. The van der Waals surface area contributed by atoms with Gasteiger partial charge in [-0.1, -0.05) is 37.3 Å². The molecule has 122 valence electrons. The molecule has 0 aliphatic heterocycles. The molecule has 0 radical (unpaired) electrons. The van der Waals surface area contributed by atoms with Gasteiger partial charge in [0.2, 0.25) is 0 Å². The highest BCUT2D eigenvalue weighted by Crippen LogP contribution is 2.26. The molecule has 3 heteroatoms. The largest absolute Gasteiger partial charge is 0.483 e. The fraction of sp³-hybridized carbons (Fsp3) is 0.350. The first-order chi connectivity index (χ1) is 10.9. The molecule has 0 aliphatic carbocycles. The molecule has 2 aromatic rings. The van der Waals surface area contributed by atoms with Crippen molar-refractivity contribution >= 4 is 11.6 Å². The van der Waals surface area contributed by atoms with E-state index in [2.05, 4.69) is 18.3 Å². The summed E-state index contributed by atoms with van der Waals surface area (Å²) in [6.45, 7) is 10.2. The van der Waals surface area contributed by atoms with E-state index in [1.807, 2.05) is 52.0 Å². The summed E-state index contributed by atoms with van der Waals surface area (Å²) in [5.74, 6) is 0.676. The van der Waals surface area contributed by atoms with Gasteiger partial charge in [0.05, 0.1) is 0 Å². The number of rotatable bonds is 5. The molecule has 0 unspecified atom stereocenters. The van der Waals surface area contributed by atoms with Gasteiger partial charge in [0, 0.05) is 5.69 Å². The first kappa shape index (κ1) is 17.1. The molecule has 1 N–H and O–H groups in total. The predicted molar refractivity (Wildman–Crippen MR) is 95.3 cm³/mol. The van der Waals surface area contributed by atoms with Gasteiger partial charge in [-0.2, -0.15) is 0 Å². The fourth-order valence-electron chi connectivity index (χ4n) is 2.66. The maximum absolute atomic E-state index is 12.3. The van der Waals surface area contributed by atoms with E-state index >= 15 is 0 Å². The lowest BCUT2D eigenvalue weighted by Gasteiger charge is -2.16. The standard InChI is InChI=1S/C20H25NO2/c1-6-17-9-7-8-14(3)19(17)21-18(22)12-23-20-15(4)11-10-13(2)16(20)5/h7-11H,6,12H2,1-5H3,(H,21,22). The van der Waals surface area contributed by atoms with Gasteiger partial charge in [0.1, 0.15) is 5.75 Å². The number of para-hydroxylation sites is 1. The highest BCUT2D eigenvalue weighted by molar-refractivity contribution is 5.93. The Bertz CT molecular complexity index is 720. The molecular weight excluding hydrogens is 286 g/mol. The molecule has 0 saturated heterocycles. The zero-order valence-electron chi connectivity index (χ0n) is 14.6. The van der Waals surface area contributed by atoms with Crippen LogP contribution in [0.2, 0.25) is 0 Å². The third-order valence-corrected chi connectivity index (χ3v) is 4.23. The minimum absolute atomic E-state index is 0.0165. The Kier molecular flexibility index (Phi) is 5.43. The van der Waals surface area contributed by atoms with Gasteiger partial charge < -0.3 is 10.1 Å². The topological polar surface area (TPSA) is 38.3 Å². The maximum atomic E-state index is 12.3. The highest BCUT2D eigenvalue weighted by atomic mass is 16.5. The van der Waals surface area contributed by atoms with Crippen molar-refractivity contribution in [1.29, 1.82) is 0 Å². The second kappa shape index (κ2) is 7.32. The molecule has 2 rings (SSSR count). The summed E-state index contributed by atoms with van der Waals surface area (Å²) in [5, 5.41) is 2.99. The minimum Gasteiger partial charge on any atom is -0.483 e. The zero-order chi connectivity index (χ0) is 17.0. The number of hydrogen-bond acceptors (Lipinski definition) is 2. The van der Waals surface area contributed by atoms with Crippen LogP contribution < -0.4 is 10.1 Å². The van der Waals surface area contributed by atoms with Gasteiger partial charge >= 0.3 is 0 Å². The molecular formula is C20H25NO2. The van der Waals surface area contributed by atoms with Gasteiger partial charge in [-0.05, 0) is 61.9 Å². The van der Waals surface area contributed by atoms with Crippen LogP contribution in [0, 0.1) is 27.7 Å². The molecule has 23 heavy (non-hydrogen) atoms. The highest BCUT2D eigenvalue weighted by Gasteiger charge is 2.12. The van der Waals surface area contributed by atoms with Crippen molar-refractivity contribution in [3.63, 3.8) is 0 Å². The summed E-state index contributed by atoms with van der Waals surface area (Å²) < 4.78 is 5.78. The molecule has 0 aromatic heterocycles. The number of carbonyl (C=O) groups excluding carboxylic acids is 1. The van der Waals surface area contributed by atoms with Crippen LogP contribution >= 0.6 is 0 Å². The quantitative estimate of drug-likeness (QED) is 0.883. The number of anilines is 1. The fourth-order valence-corrected chi connectivity index (χ4v) is 2.66. The Balaban J connectivity index is 2.09. The van der Waals surface area contributed by atoms with E-state index in [1.54, 1.807) is 0 Å². The number of benzene rings is 2. The summed E-state index contributed by atoms with van der Waals surface area (Å²) >= 11 is 0. The van der Waals surface area contributed by atoms with E-state index < -0.39 is 0 Å². The van der Waals surface area contributed by atoms with Crippen molar-refractivity contribution in [2.75, 3.05) is 11.9 Å². The van der Waals surface area contributed by atoms with Crippen LogP contribution in [0.25, 0.3) is 0 Å². The van der Waals surface area contributed by atoms with E-state index in [0.29, 0.717) is 0 Å². The van der Waals surface area contributed by atoms with E-state index in [4.69, 9.17) is 4.74 Å². The van der Waals surface area contributed by atoms with Crippen molar-refractivity contribution in [3.8, 4) is 5.75 Å². The van der Waals surface area contributed by atoms with Crippen LogP contribution in [0.3, 0.4) is 0 Å². The van der Waals surface area contributed by atoms with Crippen LogP contribution in [-0.4, -0.2) is 12.5 Å². The van der Waals surface area contributed by atoms with Crippen molar-refractivity contribution in [3.05, 3.63) is 58.1 Å². The van der Waals surface area contributed by atoms with Crippen LogP contribution in [0.4, 0.5) is 5.69 Å². The minimum atomic E-state index is -0.130. The van der Waals surface area contributed by atoms with Crippen molar-refractivity contribution in [1.82, 2.24) is 0 Å². The average molecular weight is 311 g/mol. The monoisotopic (exact) mass is 311 g/mol. The maximum Gasteiger partial charge on any atom is 0.262 e. The van der Waals surface area contributed by atoms with Gasteiger partial charge in [0.15, 0.2) is 6.61 Å². The number of amides is 1. The Hall–Kier alpha value is -2.29. The third-order valence-electron chi connectivity index (χ3n) is 4.23. The first-order valence-electron chi connectivity index (χ1n) is 8.02. The summed E-state index contributed by atoms with van der Waals surface area (Å²) in [4.78, 5) is 12.3. The second-order valence-corrected chi connectivity index (χ2v) is 5.95. The number of nitrogens with one attached hydrogen (secondary N) is 1. The molecule has 0 fully saturated rings. The number of hydrogen-bond donors (Lipinski definition) is 1. The lowest BCUT2D eigenvalue weighted by atomic mass is 10.1. The Morgan fingerprint density at radius 3 is 2.39 bits per heavy atom. The summed E-state index contributed by atoms with van der Waals surface area (Å²) in [6, 6.07) is 10.1. The van der Waals surface area contributed by atoms with Crippen LogP contribution in [-0.2, 0) is 11.2 Å². The van der Waals surface area contributed by atoms with Crippen molar-refractivity contribution < 1.29 is 9.53 Å². The summed E-state index contributed by atoms with van der Waals surface area (Å²) in [6.07, 6.45) is 0.883. The normalized spacial score (nSPS) is 10.5. The number of aryl methyl sites for hydroxylation is 4. The molecule has 0 saturated carbocycles. The summed E-state index contributed by atoms with van der Waals surface area (Å²) in [7, 11) is 0. The molecule has 3 nitrogen and oxygen atoms in total. The Labute approximate surface area is 138 Å². The van der Waals surface area contributed by atoms with Gasteiger partial charge in [0.25, 0.3) is 5.91 Å². The lowest BCUT2D eigenvalue weighted by molar-refractivity contribution is -0.118. The van der Waals surface area contributed by atoms with E-state index in [0.717, 1.165) is 45.7 Å². The van der Waals surface area contributed by atoms with Crippen LogP contribution in [0.1, 0.15) is 34.7 Å². The molecule has 0 bridgehead atoms. The number of ether oxygens (including phenoxy) is 1. The molecule has 1 amide bonds. The second-order valence-electron chi connectivity index (χ2n) is 5.95. The van der Waals surface area contributed by atoms with E-state index in [1.165, 1.54) is 0 Å². The van der Waals surface area contributed by atoms with Gasteiger partial charge in [-0.3, -0.25) is 4.79 Å². The number of carbonyl (C=O) groups is 1. The molecule has 0 spiro atoms. The first-order valence-corrected chi connectivity index (χ1v) is 8.02. The van der Waals surface area contributed by atoms with Crippen molar-refractivity contribution in [2.24, 2.45) is 0 Å². The molecule has 2 aromatic carbocycles. The average Bonchev–Trinajstić information content (AvgIpc) is 2.53. The van der Waals surface area contributed by atoms with Crippen LogP contribution in [0.5, 0.6) is 5.75 Å². The van der Waals surface area contributed by atoms with Crippen molar-refractivity contribution in [2.45, 2.75) is 41.0 Å². The van der Waals surface area contributed by atoms with Gasteiger partial charge in [-0.15, -0.1) is 0 Å². The van der Waals surface area contributed by atoms with Gasteiger partial charge in [-0.25, -0.2) is 0 Å². The Morgan fingerprint density at radius 1 is 1.00 bits per heavy atom. The molecule has 0 aliphatic rings. The smallest absolute Gasteiger partial charge is 0.262 e. The molecule has 0 atom stereocenters. The van der Waals surface area contributed by atoms with Crippen LogP contribution in [0.15, 0.2) is 30.3 Å². The summed E-state index contributed by atoms with van der Waals surface area (Å²) in [5.41, 5.74) is 6.41. The lowest BCUT2D eigenvalue weighted by Crippen LogP contribution is -2.22.